The second-order valence-electron chi connectivity index (χ2n) is 3.88. The van der Waals surface area contributed by atoms with Crippen molar-refractivity contribution in [2.24, 2.45) is 0 Å². The van der Waals surface area contributed by atoms with Crippen LogP contribution in [0.15, 0.2) is 17.0 Å². The Morgan fingerprint density at radius 1 is 1.48 bits per heavy atom. The number of thioether (sulfide) groups is 1. The number of rotatable bonds is 5. The van der Waals surface area contributed by atoms with Gasteiger partial charge in [-0.3, -0.25) is 4.79 Å². The highest BCUT2D eigenvalue weighted by Gasteiger charge is 2.30. The molecule has 1 aromatic rings. The number of alkyl halides is 4. The Morgan fingerprint density at radius 3 is 2.62 bits per heavy atom. The van der Waals surface area contributed by atoms with Crippen molar-refractivity contribution in [1.82, 2.24) is 0 Å². The average molecular weight is 382 g/mol. The lowest BCUT2D eigenvalue weighted by molar-refractivity contribution is -0.142. The van der Waals surface area contributed by atoms with E-state index in [0.717, 1.165) is 6.07 Å². The number of carbonyl (C=O) groups excluding carboxylic acids is 1. The average Bonchev–Trinajstić information content (AvgIpc) is 2.38. The standard InChI is InChI=1S/C13H11BrF3NO2S/c1-2-20-12(19)5-11-8(6-14)3-10(4-9(11)7-18)21-13(15,16)17/h3-4H,2,5-6H2,1H3. The lowest BCUT2D eigenvalue weighted by atomic mass is 10.00. The molecule has 0 atom stereocenters. The molecule has 0 amide bonds. The maximum absolute atomic E-state index is 12.4. The van der Waals surface area contributed by atoms with Gasteiger partial charge in [0.15, 0.2) is 0 Å². The van der Waals surface area contributed by atoms with Gasteiger partial charge < -0.3 is 4.74 Å². The molecule has 0 saturated heterocycles. The Kier molecular flexibility index (Phi) is 6.55. The van der Waals surface area contributed by atoms with E-state index >= 15 is 0 Å². The second kappa shape index (κ2) is 7.71. The maximum Gasteiger partial charge on any atom is 0.446 e. The van der Waals surface area contributed by atoms with E-state index in [0.29, 0.717) is 11.1 Å². The van der Waals surface area contributed by atoms with Crippen LogP contribution in [0.2, 0.25) is 0 Å². The van der Waals surface area contributed by atoms with Crippen molar-refractivity contribution in [2.45, 2.75) is 29.1 Å². The summed E-state index contributed by atoms with van der Waals surface area (Å²) in [6.45, 7) is 1.85. The van der Waals surface area contributed by atoms with Gasteiger partial charge in [0.05, 0.1) is 24.7 Å². The molecule has 0 bridgehead atoms. The van der Waals surface area contributed by atoms with E-state index in [9.17, 15) is 18.0 Å². The number of nitriles is 1. The van der Waals surface area contributed by atoms with Gasteiger partial charge in [0.25, 0.3) is 0 Å². The van der Waals surface area contributed by atoms with Gasteiger partial charge in [-0.25, -0.2) is 0 Å². The van der Waals surface area contributed by atoms with Crippen LogP contribution in [-0.2, 0) is 21.3 Å². The fourth-order valence-corrected chi connectivity index (χ4v) is 2.83. The number of esters is 1. The van der Waals surface area contributed by atoms with Crippen LogP contribution in [0, 0.1) is 11.3 Å². The quantitative estimate of drug-likeness (QED) is 0.436. The van der Waals surface area contributed by atoms with Crippen LogP contribution in [-0.4, -0.2) is 18.1 Å². The molecular weight excluding hydrogens is 371 g/mol. The summed E-state index contributed by atoms with van der Waals surface area (Å²) in [4.78, 5) is 11.4. The number of halogens is 4. The lowest BCUT2D eigenvalue weighted by Crippen LogP contribution is -2.11. The van der Waals surface area contributed by atoms with Crippen LogP contribution in [0.25, 0.3) is 0 Å². The SMILES string of the molecule is CCOC(=O)Cc1c(C#N)cc(SC(F)(F)F)cc1CBr. The highest BCUT2D eigenvalue weighted by atomic mass is 79.9. The van der Waals surface area contributed by atoms with Crippen LogP contribution >= 0.6 is 27.7 Å². The Labute approximate surface area is 132 Å². The molecule has 1 rings (SSSR count). The molecule has 114 valence electrons. The van der Waals surface area contributed by atoms with Gasteiger partial charge in [-0.05, 0) is 41.9 Å². The zero-order valence-electron chi connectivity index (χ0n) is 11.0. The molecule has 0 N–H and O–H groups in total. The van der Waals surface area contributed by atoms with E-state index in [-0.39, 0.29) is 40.6 Å². The Morgan fingerprint density at radius 2 is 2.14 bits per heavy atom. The largest absolute Gasteiger partial charge is 0.466 e. The van der Waals surface area contributed by atoms with Gasteiger partial charge in [-0.1, -0.05) is 15.9 Å². The molecule has 0 aliphatic rings. The summed E-state index contributed by atoms with van der Waals surface area (Å²) >= 11 is 2.87. The third-order valence-corrected chi connectivity index (χ3v) is 3.75. The predicted octanol–water partition coefficient (Wildman–Crippen LogP) is 4.17. The number of hydrogen-bond acceptors (Lipinski definition) is 4. The summed E-state index contributed by atoms with van der Waals surface area (Å²) in [5, 5.41) is 9.33. The first kappa shape index (κ1) is 17.9. The zero-order valence-corrected chi connectivity index (χ0v) is 13.4. The van der Waals surface area contributed by atoms with Gasteiger partial charge in [0.2, 0.25) is 0 Å². The number of ether oxygens (including phenoxy) is 1. The van der Waals surface area contributed by atoms with Gasteiger partial charge in [-0.15, -0.1) is 0 Å². The molecule has 0 fully saturated rings. The molecule has 21 heavy (non-hydrogen) atoms. The topological polar surface area (TPSA) is 50.1 Å². The summed E-state index contributed by atoms with van der Waals surface area (Å²) in [6.07, 6.45) is -0.144. The van der Waals surface area contributed by atoms with Crippen LogP contribution in [0.1, 0.15) is 23.6 Å². The highest BCUT2D eigenvalue weighted by Crippen LogP contribution is 2.38. The molecule has 3 nitrogen and oxygen atoms in total. The minimum absolute atomic E-state index is 0.0479. The van der Waals surface area contributed by atoms with Crippen molar-refractivity contribution < 1.29 is 22.7 Å². The third-order valence-electron chi connectivity index (χ3n) is 2.44. The van der Waals surface area contributed by atoms with E-state index in [1.54, 1.807) is 6.92 Å². The van der Waals surface area contributed by atoms with E-state index in [4.69, 9.17) is 10.00 Å². The second-order valence-corrected chi connectivity index (χ2v) is 5.58. The lowest BCUT2D eigenvalue weighted by Gasteiger charge is -2.13. The van der Waals surface area contributed by atoms with E-state index in [1.807, 2.05) is 6.07 Å². The van der Waals surface area contributed by atoms with E-state index in [1.165, 1.54) is 6.07 Å². The molecule has 0 unspecified atom stereocenters. The molecule has 0 radical (unpaired) electrons. The minimum atomic E-state index is -4.43. The molecule has 1 aromatic carbocycles. The summed E-state index contributed by atoms with van der Waals surface area (Å²) in [7, 11) is 0. The Bertz CT molecular complexity index is 570. The van der Waals surface area contributed by atoms with Crippen molar-refractivity contribution >= 4 is 33.7 Å². The Balaban J connectivity index is 3.19. The van der Waals surface area contributed by atoms with Gasteiger partial charge in [0.1, 0.15) is 0 Å². The van der Waals surface area contributed by atoms with Crippen molar-refractivity contribution in [2.75, 3.05) is 6.61 Å². The van der Waals surface area contributed by atoms with Crippen molar-refractivity contribution in [3.8, 4) is 6.07 Å². The van der Waals surface area contributed by atoms with Crippen molar-refractivity contribution in [3.05, 3.63) is 28.8 Å². The first-order chi connectivity index (χ1) is 9.80. The van der Waals surface area contributed by atoms with E-state index in [2.05, 4.69) is 15.9 Å². The summed E-state index contributed by atoms with van der Waals surface area (Å²) in [6, 6.07) is 4.29. The Hall–Kier alpha value is -1.20. The molecule has 0 aliphatic heterocycles. The van der Waals surface area contributed by atoms with Gasteiger partial charge in [-0.2, -0.15) is 18.4 Å². The first-order valence-corrected chi connectivity index (χ1v) is 7.77. The third kappa shape index (κ3) is 5.59. The van der Waals surface area contributed by atoms with Crippen molar-refractivity contribution in [3.63, 3.8) is 0 Å². The highest BCUT2D eigenvalue weighted by molar-refractivity contribution is 9.08. The number of benzene rings is 1. The van der Waals surface area contributed by atoms with Gasteiger partial charge in [0, 0.05) is 10.2 Å². The molecule has 8 heteroatoms. The molecule has 0 saturated carbocycles. The summed E-state index contributed by atoms with van der Waals surface area (Å²) in [5.41, 5.74) is -3.53. The first-order valence-electron chi connectivity index (χ1n) is 5.84. The number of carbonyl (C=O) groups is 1. The fourth-order valence-electron chi connectivity index (χ4n) is 1.68. The molecule has 0 spiro atoms. The van der Waals surface area contributed by atoms with Crippen LogP contribution < -0.4 is 0 Å². The molecule has 0 aliphatic carbocycles. The number of nitrogens with zero attached hydrogens (tertiary/aromatic N) is 1. The summed E-state index contributed by atoms with van der Waals surface area (Å²) < 4.78 is 42.1. The minimum Gasteiger partial charge on any atom is -0.466 e. The maximum atomic E-state index is 12.4. The van der Waals surface area contributed by atoms with Crippen LogP contribution in [0.5, 0.6) is 0 Å². The van der Waals surface area contributed by atoms with Crippen LogP contribution in [0.4, 0.5) is 13.2 Å². The number of hydrogen-bond donors (Lipinski definition) is 0. The van der Waals surface area contributed by atoms with E-state index < -0.39 is 11.5 Å². The normalized spacial score (nSPS) is 11.0. The monoisotopic (exact) mass is 381 g/mol. The fraction of sp³-hybridized carbons (Fsp3) is 0.385. The van der Waals surface area contributed by atoms with Gasteiger partial charge >= 0.3 is 11.5 Å². The molecule has 0 aromatic heterocycles. The summed E-state index contributed by atoms with van der Waals surface area (Å²) in [5.74, 6) is -0.521. The predicted molar refractivity (Wildman–Crippen MR) is 76.0 cm³/mol. The molecular formula is C13H11BrF3NO2S. The van der Waals surface area contributed by atoms with Crippen molar-refractivity contribution in [1.29, 1.82) is 5.26 Å². The molecule has 0 heterocycles. The van der Waals surface area contributed by atoms with Crippen LogP contribution in [0.3, 0.4) is 0 Å². The smallest absolute Gasteiger partial charge is 0.446 e. The zero-order chi connectivity index (χ0) is 16.0.